The average molecular weight is 395 g/mol. The van der Waals surface area contributed by atoms with E-state index in [2.05, 4.69) is 10.6 Å². The molecule has 2 aliphatic rings. The summed E-state index contributed by atoms with van der Waals surface area (Å²) < 4.78 is 5.01. The molecule has 1 aliphatic heterocycles. The molecular weight excluding hydrogens is 366 g/mol. The molecule has 0 bridgehead atoms. The second kappa shape index (κ2) is 8.70. The minimum absolute atomic E-state index is 0.0532. The van der Waals surface area contributed by atoms with E-state index < -0.39 is 29.6 Å². The van der Waals surface area contributed by atoms with Gasteiger partial charge in [0.1, 0.15) is 0 Å². The molecule has 2 N–H and O–H groups in total. The lowest BCUT2D eigenvalue weighted by Gasteiger charge is -2.21. The molecular formula is C19H29N3O6. The number of fused-ring (bicyclic) bond motifs is 1. The highest BCUT2D eigenvalue weighted by Crippen LogP contribution is 2.37. The zero-order valence-electron chi connectivity index (χ0n) is 16.9. The number of rotatable bonds is 5. The second-order valence-corrected chi connectivity index (χ2v) is 8.40. The molecule has 2 rings (SSSR count). The number of carbonyl (C=O) groups is 5. The van der Waals surface area contributed by atoms with Gasteiger partial charge in [0.25, 0.3) is 5.91 Å². The third-order valence-corrected chi connectivity index (χ3v) is 4.87. The average Bonchev–Trinajstić information content (AvgIpc) is 2.82. The van der Waals surface area contributed by atoms with Gasteiger partial charge in [0.15, 0.2) is 6.10 Å². The standard InChI is InChI=1S/C19H29N3O6/c1-11(15(24)20-18(27)21-19(2,3)4)28-14(23)9-10-22-16(25)12-7-5-6-8-13(12)17(22)26/h11-13H,5-10H2,1-4H3,(H2,20,21,24,27)/t11-,12+,13+/m1/s1. The topological polar surface area (TPSA) is 122 Å². The number of esters is 1. The first-order valence-corrected chi connectivity index (χ1v) is 9.67. The Morgan fingerprint density at radius 1 is 1.11 bits per heavy atom. The molecule has 1 heterocycles. The molecule has 0 aromatic rings. The summed E-state index contributed by atoms with van der Waals surface area (Å²) in [6, 6.07) is -0.684. The Morgan fingerprint density at radius 2 is 1.64 bits per heavy atom. The number of likely N-dealkylation sites (tertiary alicyclic amines) is 1. The van der Waals surface area contributed by atoms with Crippen molar-refractivity contribution in [1.29, 1.82) is 0 Å². The van der Waals surface area contributed by atoms with Gasteiger partial charge in [-0.3, -0.25) is 29.4 Å². The normalized spacial score (nSPS) is 23.1. The van der Waals surface area contributed by atoms with E-state index in [0.29, 0.717) is 12.8 Å². The third-order valence-electron chi connectivity index (χ3n) is 4.87. The Morgan fingerprint density at radius 3 is 2.14 bits per heavy atom. The van der Waals surface area contributed by atoms with Crippen LogP contribution in [-0.4, -0.2) is 52.8 Å². The Hall–Kier alpha value is -2.45. The summed E-state index contributed by atoms with van der Waals surface area (Å²) in [6.45, 7) is 6.58. The number of carbonyl (C=O) groups excluding carboxylic acids is 5. The van der Waals surface area contributed by atoms with E-state index in [1.165, 1.54) is 6.92 Å². The second-order valence-electron chi connectivity index (χ2n) is 8.40. The predicted molar refractivity (Wildman–Crippen MR) is 98.8 cm³/mol. The summed E-state index contributed by atoms with van der Waals surface area (Å²) >= 11 is 0. The number of imide groups is 2. The fourth-order valence-electron chi connectivity index (χ4n) is 3.55. The van der Waals surface area contributed by atoms with Gasteiger partial charge in [0.2, 0.25) is 11.8 Å². The van der Waals surface area contributed by atoms with Crippen molar-refractivity contribution in [3.8, 4) is 0 Å². The van der Waals surface area contributed by atoms with Gasteiger partial charge in [0.05, 0.1) is 18.3 Å². The molecule has 9 nitrogen and oxygen atoms in total. The minimum Gasteiger partial charge on any atom is -0.452 e. The summed E-state index contributed by atoms with van der Waals surface area (Å²) in [5.41, 5.74) is -0.518. The first-order valence-electron chi connectivity index (χ1n) is 9.67. The molecule has 1 aliphatic carbocycles. The molecule has 1 saturated carbocycles. The Balaban J connectivity index is 1.79. The van der Waals surface area contributed by atoms with Gasteiger partial charge >= 0.3 is 12.0 Å². The molecule has 5 amide bonds. The summed E-state index contributed by atoms with van der Waals surface area (Å²) in [4.78, 5) is 61.5. The maximum atomic E-state index is 12.4. The molecule has 0 aromatic heterocycles. The van der Waals surface area contributed by atoms with Crippen molar-refractivity contribution in [1.82, 2.24) is 15.5 Å². The van der Waals surface area contributed by atoms with Crippen molar-refractivity contribution in [3.63, 3.8) is 0 Å². The summed E-state index contributed by atoms with van der Waals surface area (Å²) in [7, 11) is 0. The lowest BCUT2D eigenvalue weighted by molar-refractivity contribution is -0.155. The van der Waals surface area contributed by atoms with Crippen molar-refractivity contribution < 1.29 is 28.7 Å². The number of ether oxygens (including phenoxy) is 1. The van der Waals surface area contributed by atoms with Crippen LogP contribution < -0.4 is 10.6 Å². The minimum atomic E-state index is -1.18. The Bertz CT molecular complexity index is 645. The number of nitrogens with zero attached hydrogens (tertiary/aromatic N) is 1. The van der Waals surface area contributed by atoms with Crippen LogP contribution in [0.25, 0.3) is 0 Å². The van der Waals surface area contributed by atoms with Crippen molar-refractivity contribution in [2.75, 3.05) is 6.54 Å². The van der Waals surface area contributed by atoms with Crippen LogP contribution in [0.15, 0.2) is 0 Å². The van der Waals surface area contributed by atoms with Gasteiger partial charge in [-0.1, -0.05) is 12.8 Å². The maximum absolute atomic E-state index is 12.4. The highest BCUT2D eigenvalue weighted by molar-refractivity contribution is 6.05. The largest absolute Gasteiger partial charge is 0.452 e. The number of hydrogen-bond acceptors (Lipinski definition) is 6. The zero-order valence-corrected chi connectivity index (χ0v) is 16.9. The van der Waals surface area contributed by atoms with E-state index in [0.717, 1.165) is 17.7 Å². The van der Waals surface area contributed by atoms with E-state index in [-0.39, 0.29) is 36.6 Å². The highest BCUT2D eigenvalue weighted by Gasteiger charge is 2.47. The third kappa shape index (κ3) is 5.53. The Kier molecular flexibility index (Phi) is 6.79. The van der Waals surface area contributed by atoms with E-state index >= 15 is 0 Å². The highest BCUT2D eigenvalue weighted by atomic mass is 16.5. The fraction of sp³-hybridized carbons (Fsp3) is 0.737. The molecule has 2 fully saturated rings. The summed E-state index contributed by atoms with van der Waals surface area (Å²) in [5, 5.41) is 4.66. The molecule has 1 saturated heterocycles. The first-order chi connectivity index (χ1) is 13.0. The van der Waals surface area contributed by atoms with Crippen LogP contribution in [-0.2, 0) is 23.9 Å². The van der Waals surface area contributed by atoms with Crippen LogP contribution in [0.4, 0.5) is 4.79 Å². The molecule has 0 unspecified atom stereocenters. The molecule has 28 heavy (non-hydrogen) atoms. The molecule has 0 radical (unpaired) electrons. The van der Waals surface area contributed by atoms with Crippen molar-refractivity contribution in [2.45, 2.75) is 71.4 Å². The fourth-order valence-corrected chi connectivity index (χ4v) is 3.55. The monoisotopic (exact) mass is 395 g/mol. The number of nitrogens with one attached hydrogen (secondary N) is 2. The summed E-state index contributed by atoms with van der Waals surface area (Å²) in [6.07, 6.45) is 1.93. The molecule has 0 spiro atoms. The molecule has 3 atom stereocenters. The van der Waals surface area contributed by atoms with Crippen LogP contribution in [0, 0.1) is 11.8 Å². The van der Waals surface area contributed by atoms with Gasteiger partial charge < -0.3 is 10.1 Å². The van der Waals surface area contributed by atoms with Gasteiger partial charge in [0, 0.05) is 12.1 Å². The van der Waals surface area contributed by atoms with Crippen molar-refractivity contribution >= 4 is 29.7 Å². The number of hydrogen-bond donors (Lipinski definition) is 2. The predicted octanol–water partition coefficient (Wildman–Crippen LogP) is 1.11. The molecule has 0 aromatic carbocycles. The van der Waals surface area contributed by atoms with Crippen LogP contribution >= 0.6 is 0 Å². The maximum Gasteiger partial charge on any atom is 0.321 e. The van der Waals surface area contributed by atoms with E-state index in [1.54, 1.807) is 20.8 Å². The molecule has 156 valence electrons. The van der Waals surface area contributed by atoms with Crippen molar-refractivity contribution in [2.24, 2.45) is 11.8 Å². The van der Waals surface area contributed by atoms with Gasteiger partial charge in [-0.05, 0) is 40.5 Å². The van der Waals surface area contributed by atoms with Crippen LogP contribution in [0.2, 0.25) is 0 Å². The van der Waals surface area contributed by atoms with E-state index in [4.69, 9.17) is 4.74 Å². The van der Waals surface area contributed by atoms with Gasteiger partial charge in [-0.25, -0.2) is 4.79 Å². The van der Waals surface area contributed by atoms with Gasteiger partial charge in [-0.2, -0.15) is 0 Å². The first kappa shape index (κ1) is 21.8. The zero-order chi connectivity index (χ0) is 21.1. The smallest absolute Gasteiger partial charge is 0.321 e. The van der Waals surface area contributed by atoms with Crippen LogP contribution in [0.1, 0.15) is 59.8 Å². The lowest BCUT2D eigenvalue weighted by Crippen LogP contribution is -2.50. The number of urea groups is 1. The van der Waals surface area contributed by atoms with E-state index in [1.807, 2.05) is 0 Å². The van der Waals surface area contributed by atoms with Crippen LogP contribution in [0.5, 0.6) is 0 Å². The SMILES string of the molecule is C[C@@H](OC(=O)CCN1C(=O)[C@H]2CCCC[C@@H]2C1=O)C(=O)NC(=O)NC(C)(C)C. The van der Waals surface area contributed by atoms with Gasteiger partial charge in [-0.15, -0.1) is 0 Å². The quantitative estimate of drug-likeness (QED) is 0.531. The van der Waals surface area contributed by atoms with Crippen molar-refractivity contribution in [3.05, 3.63) is 0 Å². The lowest BCUT2D eigenvalue weighted by atomic mass is 9.81. The van der Waals surface area contributed by atoms with E-state index in [9.17, 15) is 24.0 Å². The summed E-state index contributed by atoms with van der Waals surface area (Å²) in [5.74, 6) is -2.42. The molecule has 9 heteroatoms. The van der Waals surface area contributed by atoms with Crippen LogP contribution in [0.3, 0.4) is 0 Å². The Labute approximate surface area is 164 Å². The number of amides is 5.